The van der Waals surface area contributed by atoms with Gasteiger partial charge in [-0.15, -0.1) is 0 Å². The Balaban J connectivity index is 2.08. The second kappa shape index (κ2) is 32.2. The van der Waals surface area contributed by atoms with Crippen LogP contribution in [0.25, 0.3) is 0 Å². The molecule has 0 aliphatic rings. The highest BCUT2D eigenvalue weighted by Gasteiger charge is 2.18. The number of hydrogen-bond donors (Lipinski definition) is 0. The van der Waals surface area contributed by atoms with Crippen molar-refractivity contribution in [2.45, 2.75) is 252 Å². The largest absolute Gasteiger partial charge is 0.332 e. The molecule has 0 radical (unpaired) electrons. The fraction of sp³-hybridized carbons (Fsp3) is 0.929. The van der Waals surface area contributed by atoms with Gasteiger partial charge >= 0.3 is 0 Å². The van der Waals surface area contributed by atoms with Crippen LogP contribution in [0.15, 0.2) is 12.4 Å². The first-order valence-corrected chi connectivity index (χ1v) is 20.7. The van der Waals surface area contributed by atoms with Crippen LogP contribution < -0.4 is 0 Å². The maximum absolute atomic E-state index is 4.88. The molecule has 0 amide bonds. The molecule has 260 valence electrons. The molecule has 0 bridgehead atoms. The summed E-state index contributed by atoms with van der Waals surface area (Å²) in [7, 11) is 0. The Hall–Kier alpha value is -0.790. The molecule has 1 rings (SSSR count). The second-order valence-electron chi connectivity index (χ2n) is 14.8. The van der Waals surface area contributed by atoms with Crippen molar-refractivity contribution in [3.63, 3.8) is 0 Å². The van der Waals surface area contributed by atoms with Crippen LogP contribution in [0.4, 0.5) is 0 Å². The summed E-state index contributed by atoms with van der Waals surface area (Å²) < 4.78 is 2.45. The van der Waals surface area contributed by atoms with Crippen molar-refractivity contribution in [1.29, 1.82) is 0 Å². The van der Waals surface area contributed by atoms with Gasteiger partial charge in [0.1, 0.15) is 5.82 Å². The van der Waals surface area contributed by atoms with Gasteiger partial charge in [-0.2, -0.15) is 0 Å². The van der Waals surface area contributed by atoms with E-state index in [-0.39, 0.29) is 0 Å². The van der Waals surface area contributed by atoms with Gasteiger partial charge in [-0.05, 0) is 26.7 Å². The molecule has 0 fully saturated rings. The average Bonchev–Trinajstić information content (AvgIpc) is 3.52. The molecule has 1 atom stereocenters. The highest BCUT2D eigenvalue weighted by molar-refractivity contribution is 5.02. The third kappa shape index (κ3) is 24.4. The standard InChI is InChI=1S/C42H82N2/c1-5-7-9-11-13-15-17-19-21-23-25-27-29-31-33-35-37-41(42-43-38-39-44(42)40(3)4)36-34-32-30-28-26-24-22-20-18-16-14-12-10-8-6-2/h38-41H,5-37H2,1-4H3. The maximum atomic E-state index is 4.88. The quantitative estimate of drug-likeness (QED) is 0.0695. The molecule has 0 aromatic carbocycles. The van der Waals surface area contributed by atoms with E-state index in [0.29, 0.717) is 12.0 Å². The Morgan fingerprint density at radius 1 is 0.432 bits per heavy atom. The molecule has 0 N–H and O–H groups in total. The van der Waals surface area contributed by atoms with E-state index < -0.39 is 0 Å². The highest BCUT2D eigenvalue weighted by Crippen LogP contribution is 2.29. The topological polar surface area (TPSA) is 17.8 Å². The van der Waals surface area contributed by atoms with Gasteiger partial charge in [0.15, 0.2) is 0 Å². The summed E-state index contributed by atoms with van der Waals surface area (Å²) in [5.74, 6) is 2.02. The zero-order valence-corrected chi connectivity index (χ0v) is 31.0. The predicted octanol–water partition coefficient (Wildman–Crippen LogP) is 15.5. The fourth-order valence-corrected chi connectivity index (χ4v) is 7.18. The molecule has 1 heterocycles. The summed E-state index contributed by atoms with van der Waals surface area (Å²) in [5, 5.41) is 0. The molecule has 0 saturated heterocycles. The summed E-state index contributed by atoms with van der Waals surface area (Å²) in [4.78, 5) is 4.88. The molecule has 0 saturated carbocycles. The number of hydrogen-bond acceptors (Lipinski definition) is 1. The lowest BCUT2D eigenvalue weighted by Gasteiger charge is -2.20. The number of aromatic nitrogens is 2. The van der Waals surface area contributed by atoms with Crippen LogP contribution in [-0.2, 0) is 0 Å². The van der Waals surface area contributed by atoms with Crippen molar-refractivity contribution in [2.75, 3.05) is 0 Å². The number of rotatable bonds is 35. The van der Waals surface area contributed by atoms with Crippen LogP contribution in [0.5, 0.6) is 0 Å². The van der Waals surface area contributed by atoms with Crippen molar-refractivity contribution in [3.8, 4) is 0 Å². The molecule has 2 heteroatoms. The Morgan fingerprint density at radius 3 is 0.977 bits per heavy atom. The molecule has 0 aliphatic carbocycles. The molecule has 1 aromatic rings. The Bertz CT molecular complexity index is 677. The molecular weight excluding hydrogens is 532 g/mol. The van der Waals surface area contributed by atoms with Gasteiger partial charge in [0.2, 0.25) is 0 Å². The van der Waals surface area contributed by atoms with Crippen LogP contribution in [0, 0.1) is 0 Å². The van der Waals surface area contributed by atoms with Gasteiger partial charge < -0.3 is 4.57 Å². The summed E-state index contributed by atoms with van der Waals surface area (Å²) in [6, 6.07) is 0.516. The Morgan fingerprint density at radius 2 is 0.705 bits per heavy atom. The molecule has 0 aliphatic heterocycles. The van der Waals surface area contributed by atoms with E-state index in [2.05, 4.69) is 38.5 Å². The molecule has 0 spiro atoms. The second-order valence-corrected chi connectivity index (χ2v) is 14.8. The van der Waals surface area contributed by atoms with E-state index in [1.54, 1.807) is 0 Å². The summed E-state index contributed by atoms with van der Waals surface area (Å²) >= 11 is 0. The first-order chi connectivity index (χ1) is 21.7. The lowest BCUT2D eigenvalue weighted by Crippen LogP contribution is -2.11. The van der Waals surface area contributed by atoms with Crippen LogP contribution in [0.2, 0.25) is 0 Å². The van der Waals surface area contributed by atoms with E-state index in [1.807, 2.05) is 6.20 Å². The fourth-order valence-electron chi connectivity index (χ4n) is 7.18. The maximum Gasteiger partial charge on any atom is 0.111 e. The molecule has 1 unspecified atom stereocenters. The average molecular weight is 615 g/mol. The van der Waals surface area contributed by atoms with Gasteiger partial charge in [-0.25, -0.2) is 4.98 Å². The highest BCUT2D eigenvalue weighted by atomic mass is 15.1. The first kappa shape index (κ1) is 41.2. The van der Waals surface area contributed by atoms with E-state index in [1.165, 1.54) is 218 Å². The number of imidazole rings is 1. The number of unbranched alkanes of at least 4 members (excludes halogenated alkanes) is 29. The van der Waals surface area contributed by atoms with E-state index in [0.717, 1.165) is 0 Å². The van der Waals surface area contributed by atoms with Gasteiger partial charge in [-0.1, -0.05) is 213 Å². The molecule has 44 heavy (non-hydrogen) atoms. The third-order valence-electron chi connectivity index (χ3n) is 10.2. The molecule has 1 aromatic heterocycles. The van der Waals surface area contributed by atoms with Crippen molar-refractivity contribution in [2.24, 2.45) is 0 Å². The minimum atomic E-state index is 0.516. The lowest BCUT2D eigenvalue weighted by molar-refractivity contribution is 0.441. The minimum Gasteiger partial charge on any atom is -0.332 e. The molecular formula is C42H82N2. The van der Waals surface area contributed by atoms with E-state index >= 15 is 0 Å². The monoisotopic (exact) mass is 615 g/mol. The van der Waals surface area contributed by atoms with Gasteiger partial charge in [0, 0.05) is 24.4 Å². The summed E-state index contributed by atoms with van der Waals surface area (Å²) in [5.41, 5.74) is 0. The van der Waals surface area contributed by atoms with Gasteiger partial charge in [0.25, 0.3) is 0 Å². The van der Waals surface area contributed by atoms with Crippen LogP contribution >= 0.6 is 0 Å². The van der Waals surface area contributed by atoms with Crippen LogP contribution in [0.1, 0.15) is 257 Å². The normalized spacial score (nSPS) is 12.5. The first-order valence-electron chi connectivity index (χ1n) is 20.7. The van der Waals surface area contributed by atoms with Crippen LogP contribution in [0.3, 0.4) is 0 Å². The SMILES string of the molecule is CCCCCCCCCCCCCCCCCCC(CCCCCCCCCCCCCCCCC)c1nccn1C(C)C. The predicted molar refractivity (Wildman–Crippen MR) is 199 cm³/mol. The van der Waals surface area contributed by atoms with Crippen molar-refractivity contribution >= 4 is 0 Å². The number of nitrogens with zero attached hydrogens (tertiary/aromatic N) is 2. The Kier molecular flexibility index (Phi) is 30.1. The van der Waals surface area contributed by atoms with Crippen molar-refractivity contribution in [3.05, 3.63) is 18.2 Å². The van der Waals surface area contributed by atoms with Gasteiger partial charge in [-0.3, -0.25) is 0 Å². The van der Waals surface area contributed by atoms with Crippen molar-refractivity contribution < 1.29 is 0 Å². The van der Waals surface area contributed by atoms with E-state index in [4.69, 9.17) is 4.98 Å². The zero-order valence-electron chi connectivity index (χ0n) is 31.0. The summed E-state index contributed by atoms with van der Waals surface area (Å²) in [6.07, 6.45) is 51.7. The van der Waals surface area contributed by atoms with Gasteiger partial charge in [0.05, 0.1) is 0 Å². The summed E-state index contributed by atoms with van der Waals surface area (Å²) in [6.45, 7) is 9.24. The Labute approximate surface area is 278 Å². The minimum absolute atomic E-state index is 0.516. The molecule has 2 nitrogen and oxygen atoms in total. The third-order valence-corrected chi connectivity index (χ3v) is 10.2. The van der Waals surface area contributed by atoms with Crippen molar-refractivity contribution in [1.82, 2.24) is 9.55 Å². The van der Waals surface area contributed by atoms with Crippen LogP contribution in [-0.4, -0.2) is 9.55 Å². The zero-order chi connectivity index (χ0) is 31.8. The smallest absolute Gasteiger partial charge is 0.111 e. The van der Waals surface area contributed by atoms with E-state index in [9.17, 15) is 0 Å². The lowest BCUT2D eigenvalue weighted by atomic mass is 9.93.